The summed E-state index contributed by atoms with van der Waals surface area (Å²) in [5.41, 5.74) is 2.38. The second-order valence-corrected chi connectivity index (χ2v) is 7.72. The van der Waals surface area contributed by atoms with Gasteiger partial charge in [-0.2, -0.15) is 0 Å². The molecule has 124 valence electrons. The molecule has 1 aromatic heterocycles. The van der Waals surface area contributed by atoms with Crippen LogP contribution in [0.1, 0.15) is 31.0 Å². The van der Waals surface area contributed by atoms with Gasteiger partial charge in [-0.05, 0) is 25.0 Å². The quantitative estimate of drug-likeness (QED) is 0.905. The number of aromatic nitrogens is 2. The Labute approximate surface area is 136 Å². The van der Waals surface area contributed by atoms with Crippen LogP contribution < -0.4 is 4.72 Å². The van der Waals surface area contributed by atoms with Gasteiger partial charge in [0.15, 0.2) is 5.03 Å². The molecule has 0 amide bonds. The Morgan fingerprint density at radius 2 is 2.09 bits per heavy atom. The smallest absolute Gasteiger partial charge is 0.259 e. The molecule has 0 saturated carbocycles. The molecule has 3 rings (SSSR count). The summed E-state index contributed by atoms with van der Waals surface area (Å²) < 4.78 is 34.7. The summed E-state index contributed by atoms with van der Waals surface area (Å²) in [6.07, 6.45) is 3.63. The molecule has 0 bridgehead atoms. The Kier molecular flexibility index (Phi) is 4.52. The van der Waals surface area contributed by atoms with Crippen molar-refractivity contribution >= 4 is 10.0 Å². The van der Waals surface area contributed by atoms with Crippen LogP contribution in [0.4, 0.5) is 0 Å². The van der Waals surface area contributed by atoms with Gasteiger partial charge in [0, 0.05) is 25.2 Å². The normalized spacial score (nSPS) is 18.1. The lowest BCUT2D eigenvalue weighted by Crippen LogP contribution is -2.36. The minimum absolute atomic E-state index is 0.0439. The highest BCUT2D eigenvalue weighted by molar-refractivity contribution is 7.89. The first-order valence-corrected chi connectivity index (χ1v) is 9.15. The standard InChI is InChI=1S/C16H21N3O3S/c1-12(2)19-9-16(17-11-19)23(20,21)18-8-15-7-13-5-3-4-6-14(13)10-22-15/h3-6,9,11-12,15,18H,7-8,10H2,1-2H3/t15-/m0/s1. The average molecular weight is 335 g/mol. The highest BCUT2D eigenvalue weighted by Crippen LogP contribution is 2.20. The van der Waals surface area contributed by atoms with Gasteiger partial charge < -0.3 is 9.30 Å². The van der Waals surface area contributed by atoms with Gasteiger partial charge in [0.05, 0.1) is 19.0 Å². The van der Waals surface area contributed by atoms with E-state index in [2.05, 4.69) is 15.8 Å². The monoisotopic (exact) mass is 335 g/mol. The van der Waals surface area contributed by atoms with Crippen LogP contribution in [0.2, 0.25) is 0 Å². The van der Waals surface area contributed by atoms with Crippen molar-refractivity contribution in [3.63, 3.8) is 0 Å². The van der Waals surface area contributed by atoms with Crippen molar-refractivity contribution in [2.24, 2.45) is 0 Å². The molecule has 0 saturated heterocycles. The zero-order valence-electron chi connectivity index (χ0n) is 13.3. The van der Waals surface area contributed by atoms with Crippen LogP contribution in [0.15, 0.2) is 41.8 Å². The minimum Gasteiger partial charge on any atom is -0.372 e. The van der Waals surface area contributed by atoms with Gasteiger partial charge in [0.2, 0.25) is 0 Å². The number of hydrogen-bond donors (Lipinski definition) is 1. The molecule has 1 atom stereocenters. The number of sulfonamides is 1. The van der Waals surface area contributed by atoms with E-state index in [1.165, 1.54) is 17.5 Å². The molecule has 0 unspecified atom stereocenters. The van der Waals surface area contributed by atoms with Crippen LogP contribution >= 0.6 is 0 Å². The fraction of sp³-hybridized carbons (Fsp3) is 0.438. The number of hydrogen-bond acceptors (Lipinski definition) is 4. The van der Waals surface area contributed by atoms with Crippen LogP contribution in [-0.2, 0) is 27.8 Å². The summed E-state index contributed by atoms with van der Waals surface area (Å²) in [4.78, 5) is 3.98. The zero-order valence-corrected chi connectivity index (χ0v) is 14.1. The number of ether oxygens (including phenoxy) is 1. The molecule has 1 aliphatic heterocycles. The Hall–Kier alpha value is -1.70. The predicted molar refractivity (Wildman–Crippen MR) is 86.5 cm³/mol. The van der Waals surface area contributed by atoms with E-state index in [-0.39, 0.29) is 23.7 Å². The van der Waals surface area contributed by atoms with Crippen molar-refractivity contribution in [1.82, 2.24) is 14.3 Å². The molecule has 7 heteroatoms. The molecular formula is C16H21N3O3S. The Morgan fingerprint density at radius 3 is 2.78 bits per heavy atom. The van der Waals surface area contributed by atoms with Crippen LogP contribution in [0.5, 0.6) is 0 Å². The van der Waals surface area contributed by atoms with Gasteiger partial charge in [-0.15, -0.1) is 0 Å². The van der Waals surface area contributed by atoms with E-state index in [1.54, 1.807) is 10.8 Å². The van der Waals surface area contributed by atoms with Gasteiger partial charge in [0.25, 0.3) is 10.0 Å². The number of nitrogens with zero attached hydrogens (tertiary/aromatic N) is 2. The largest absolute Gasteiger partial charge is 0.372 e. The van der Waals surface area contributed by atoms with Crippen LogP contribution in [0, 0.1) is 0 Å². The number of benzene rings is 1. The molecule has 6 nitrogen and oxygen atoms in total. The number of imidazole rings is 1. The van der Waals surface area contributed by atoms with Gasteiger partial charge >= 0.3 is 0 Å². The Bertz CT molecular complexity index is 783. The molecular weight excluding hydrogens is 314 g/mol. The maximum atomic E-state index is 12.3. The molecule has 2 heterocycles. The van der Waals surface area contributed by atoms with Crippen molar-refractivity contribution in [3.05, 3.63) is 47.9 Å². The lowest BCUT2D eigenvalue weighted by atomic mass is 9.99. The van der Waals surface area contributed by atoms with E-state index in [4.69, 9.17) is 4.74 Å². The van der Waals surface area contributed by atoms with E-state index in [0.717, 1.165) is 0 Å². The third kappa shape index (κ3) is 3.63. The van der Waals surface area contributed by atoms with Crippen molar-refractivity contribution in [2.75, 3.05) is 6.54 Å². The molecule has 23 heavy (non-hydrogen) atoms. The second kappa shape index (κ2) is 6.43. The maximum absolute atomic E-state index is 12.3. The first-order valence-electron chi connectivity index (χ1n) is 7.67. The van der Waals surface area contributed by atoms with Crippen molar-refractivity contribution < 1.29 is 13.2 Å². The Morgan fingerprint density at radius 1 is 1.35 bits per heavy atom. The third-order valence-corrected chi connectivity index (χ3v) is 5.30. The third-order valence-electron chi connectivity index (χ3n) is 3.99. The molecule has 0 aliphatic carbocycles. The molecule has 0 radical (unpaired) electrons. The average Bonchev–Trinajstić information content (AvgIpc) is 3.04. The Balaban J connectivity index is 1.63. The van der Waals surface area contributed by atoms with E-state index < -0.39 is 10.0 Å². The van der Waals surface area contributed by atoms with E-state index in [9.17, 15) is 8.42 Å². The first-order chi connectivity index (χ1) is 11.0. The lowest BCUT2D eigenvalue weighted by molar-refractivity contribution is 0.0322. The van der Waals surface area contributed by atoms with E-state index in [0.29, 0.717) is 13.0 Å². The fourth-order valence-electron chi connectivity index (χ4n) is 2.56. The predicted octanol–water partition coefficient (Wildman–Crippen LogP) is 1.88. The van der Waals surface area contributed by atoms with E-state index in [1.807, 2.05) is 32.0 Å². The number of rotatable bonds is 5. The molecule has 1 N–H and O–H groups in total. The summed E-state index contributed by atoms with van der Waals surface area (Å²) >= 11 is 0. The highest BCUT2D eigenvalue weighted by Gasteiger charge is 2.23. The summed E-state index contributed by atoms with van der Waals surface area (Å²) in [7, 11) is -3.61. The van der Waals surface area contributed by atoms with Crippen LogP contribution in [0.3, 0.4) is 0 Å². The summed E-state index contributed by atoms with van der Waals surface area (Å²) in [6, 6.07) is 8.24. The first kappa shape index (κ1) is 16.2. The van der Waals surface area contributed by atoms with Crippen molar-refractivity contribution in [2.45, 2.75) is 44.0 Å². The van der Waals surface area contributed by atoms with Gasteiger partial charge in [-0.25, -0.2) is 18.1 Å². The van der Waals surface area contributed by atoms with Crippen molar-refractivity contribution in [3.8, 4) is 0 Å². The maximum Gasteiger partial charge on any atom is 0.259 e. The van der Waals surface area contributed by atoms with Gasteiger partial charge in [-0.3, -0.25) is 0 Å². The molecule has 1 aliphatic rings. The van der Waals surface area contributed by atoms with Crippen LogP contribution in [-0.4, -0.2) is 30.6 Å². The zero-order chi connectivity index (χ0) is 16.4. The fourth-order valence-corrected chi connectivity index (χ4v) is 3.56. The highest BCUT2D eigenvalue weighted by atomic mass is 32.2. The molecule has 0 spiro atoms. The topological polar surface area (TPSA) is 73.2 Å². The number of fused-ring (bicyclic) bond motifs is 1. The molecule has 1 aromatic carbocycles. The van der Waals surface area contributed by atoms with Crippen molar-refractivity contribution in [1.29, 1.82) is 0 Å². The van der Waals surface area contributed by atoms with E-state index >= 15 is 0 Å². The lowest BCUT2D eigenvalue weighted by Gasteiger charge is -2.25. The summed E-state index contributed by atoms with van der Waals surface area (Å²) in [5, 5.41) is 0.0439. The number of nitrogens with one attached hydrogen (secondary N) is 1. The van der Waals surface area contributed by atoms with Gasteiger partial charge in [-0.1, -0.05) is 24.3 Å². The molecule has 2 aromatic rings. The summed E-state index contributed by atoms with van der Waals surface area (Å²) in [6.45, 7) is 4.70. The SMILES string of the molecule is CC(C)n1cnc(S(=O)(=O)NC[C@@H]2Cc3ccccc3CO2)c1. The van der Waals surface area contributed by atoms with Crippen LogP contribution in [0.25, 0.3) is 0 Å². The van der Waals surface area contributed by atoms with Gasteiger partial charge in [0.1, 0.15) is 0 Å². The minimum atomic E-state index is -3.61. The summed E-state index contributed by atoms with van der Waals surface area (Å²) in [5.74, 6) is 0. The second-order valence-electron chi connectivity index (χ2n) is 6.01. The molecule has 0 fully saturated rings.